The molecule has 0 spiro atoms. The molecule has 0 aliphatic carbocycles. The van der Waals surface area contributed by atoms with Gasteiger partial charge in [0.15, 0.2) is 5.01 Å². The predicted molar refractivity (Wildman–Crippen MR) is 141 cm³/mol. The zero-order valence-electron chi connectivity index (χ0n) is 20.7. The summed E-state index contributed by atoms with van der Waals surface area (Å²) in [5.41, 5.74) is 2.16. The zero-order valence-corrected chi connectivity index (χ0v) is 22.2. The van der Waals surface area contributed by atoms with Crippen LogP contribution < -0.4 is 10.6 Å². The first-order valence-corrected chi connectivity index (χ1v) is 13.5. The molecule has 5 rings (SSSR count). The average molecular weight is 545 g/mol. The van der Waals surface area contributed by atoms with E-state index in [1.807, 2.05) is 13.1 Å². The topological polar surface area (TPSA) is 120 Å². The number of rotatable bonds is 5. The molecule has 4 heterocycles. The number of hydrogen-bond acceptors (Lipinski definition) is 7. The number of aromatic amines is 1. The molecule has 2 aliphatic heterocycles. The van der Waals surface area contributed by atoms with E-state index in [0.717, 1.165) is 41.0 Å². The third-order valence-electron chi connectivity index (χ3n) is 6.72. The van der Waals surface area contributed by atoms with Crippen molar-refractivity contribution in [3.63, 3.8) is 0 Å². The first-order chi connectivity index (χ1) is 17.8. The number of fused-ring (bicyclic) bond motifs is 2. The van der Waals surface area contributed by atoms with Crippen molar-refractivity contribution in [2.45, 2.75) is 38.4 Å². The van der Waals surface area contributed by atoms with Gasteiger partial charge in [-0.2, -0.15) is 0 Å². The number of carbonyl (C=O) groups excluding carboxylic acids is 3. The molecule has 3 N–H and O–H groups in total. The van der Waals surface area contributed by atoms with E-state index in [1.54, 1.807) is 30.0 Å². The number of carbonyl (C=O) groups is 3. The van der Waals surface area contributed by atoms with Gasteiger partial charge in [-0.3, -0.25) is 9.59 Å². The van der Waals surface area contributed by atoms with Crippen molar-refractivity contribution >= 4 is 51.7 Å². The van der Waals surface area contributed by atoms with E-state index in [-0.39, 0.29) is 25.0 Å². The Hall–Kier alpha value is -3.15. The van der Waals surface area contributed by atoms with Gasteiger partial charge in [-0.25, -0.2) is 9.78 Å². The molecule has 1 unspecified atom stereocenters. The maximum Gasteiger partial charge on any atom is 0.409 e. The first-order valence-electron chi connectivity index (χ1n) is 12.3. The number of ether oxygens (including phenoxy) is 1. The lowest BCUT2D eigenvalue weighted by atomic mass is 9.99. The summed E-state index contributed by atoms with van der Waals surface area (Å²) in [6, 6.07) is 6.20. The van der Waals surface area contributed by atoms with Crippen LogP contribution in [0.2, 0.25) is 5.02 Å². The molecule has 10 nitrogen and oxygen atoms in total. The number of nitrogens with zero attached hydrogens (tertiary/aromatic N) is 3. The van der Waals surface area contributed by atoms with E-state index in [4.69, 9.17) is 16.3 Å². The van der Waals surface area contributed by atoms with Crippen LogP contribution in [0.25, 0.3) is 10.9 Å². The largest absolute Gasteiger partial charge is 0.450 e. The van der Waals surface area contributed by atoms with Gasteiger partial charge in [-0.1, -0.05) is 11.6 Å². The molecule has 0 radical (unpaired) electrons. The Morgan fingerprint density at radius 1 is 1.19 bits per heavy atom. The molecule has 2 aromatic heterocycles. The number of nitrogens with one attached hydrogen (secondary N) is 3. The average Bonchev–Trinajstić information content (AvgIpc) is 3.49. The molecule has 1 aromatic carbocycles. The van der Waals surface area contributed by atoms with Crippen molar-refractivity contribution < 1.29 is 19.1 Å². The number of benzene rings is 1. The highest BCUT2D eigenvalue weighted by molar-refractivity contribution is 7.13. The number of H-pyrrole nitrogens is 1. The Morgan fingerprint density at radius 3 is 2.81 bits per heavy atom. The lowest BCUT2D eigenvalue weighted by Crippen LogP contribution is -2.61. The van der Waals surface area contributed by atoms with Gasteiger partial charge >= 0.3 is 6.09 Å². The summed E-state index contributed by atoms with van der Waals surface area (Å²) in [6.07, 6.45) is 0.830. The Bertz CT molecular complexity index is 1340. The van der Waals surface area contributed by atoms with Gasteiger partial charge in [0.1, 0.15) is 5.69 Å². The predicted octanol–water partition coefficient (Wildman–Crippen LogP) is 3.02. The highest BCUT2D eigenvalue weighted by Gasteiger charge is 2.35. The fourth-order valence-corrected chi connectivity index (χ4v) is 6.05. The van der Waals surface area contributed by atoms with Crippen LogP contribution >= 0.6 is 22.9 Å². The van der Waals surface area contributed by atoms with Gasteiger partial charge < -0.3 is 30.2 Å². The summed E-state index contributed by atoms with van der Waals surface area (Å²) in [6.45, 7) is 4.30. The van der Waals surface area contributed by atoms with Crippen LogP contribution in [0.5, 0.6) is 0 Å². The van der Waals surface area contributed by atoms with Crippen molar-refractivity contribution in [1.29, 1.82) is 0 Å². The molecule has 2 aliphatic rings. The Labute approximate surface area is 223 Å². The first kappa shape index (κ1) is 25.5. The second-order valence-electron chi connectivity index (χ2n) is 9.38. The molecule has 12 heteroatoms. The van der Waals surface area contributed by atoms with E-state index in [9.17, 15) is 14.4 Å². The number of piperidine rings is 1. The number of amides is 3. The van der Waals surface area contributed by atoms with Gasteiger partial charge in [-0.05, 0) is 44.7 Å². The van der Waals surface area contributed by atoms with Gasteiger partial charge in [-0.15, -0.1) is 11.3 Å². The van der Waals surface area contributed by atoms with Gasteiger partial charge in [0, 0.05) is 53.4 Å². The molecule has 1 saturated heterocycles. The Morgan fingerprint density at radius 2 is 2.00 bits per heavy atom. The fourth-order valence-electron chi connectivity index (χ4n) is 4.77. The van der Waals surface area contributed by atoms with Crippen molar-refractivity contribution in [3.05, 3.63) is 50.6 Å². The summed E-state index contributed by atoms with van der Waals surface area (Å²) in [4.78, 5) is 51.3. The summed E-state index contributed by atoms with van der Waals surface area (Å²) < 4.78 is 5.17. The lowest BCUT2D eigenvalue weighted by molar-refractivity contribution is 0.0721. The van der Waals surface area contributed by atoms with Gasteiger partial charge in [0.25, 0.3) is 11.8 Å². The molecule has 196 valence electrons. The molecule has 2 atom stereocenters. The van der Waals surface area contributed by atoms with Crippen LogP contribution in [-0.4, -0.2) is 83.0 Å². The monoisotopic (exact) mass is 544 g/mol. The number of halogens is 1. The summed E-state index contributed by atoms with van der Waals surface area (Å²) in [5.74, 6) is -0.605. The minimum atomic E-state index is -0.517. The maximum atomic E-state index is 13.2. The van der Waals surface area contributed by atoms with Crippen LogP contribution in [0.4, 0.5) is 4.79 Å². The van der Waals surface area contributed by atoms with E-state index < -0.39 is 18.2 Å². The zero-order chi connectivity index (χ0) is 26.1. The van der Waals surface area contributed by atoms with Crippen molar-refractivity contribution in [2.24, 2.45) is 0 Å². The van der Waals surface area contributed by atoms with Crippen LogP contribution in [-0.2, 0) is 17.7 Å². The van der Waals surface area contributed by atoms with E-state index in [1.165, 1.54) is 11.3 Å². The molecular weight excluding hydrogens is 516 g/mol. The number of hydrogen-bond donors (Lipinski definition) is 3. The SMILES string of the molecule is CCOC(=O)N1CC[C@H](NC(=O)c2cc3cc(Cl)ccc3[nH]2)C(NC(=O)c2nc3c(s2)CN(C)CC3)C1. The Balaban J connectivity index is 1.33. The molecule has 0 saturated carbocycles. The van der Waals surface area contributed by atoms with Crippen molar-refractivity contribution in [1.82, 2.24) is 30.4 Å². The minimum absolute atomic E-state index is 0.214. The molecule has 37 heavy (non-hydrogen) atoms. The van der Waals surface area contributed by atoms with Crippen LogP contribution in [0, 0.1) is 0 Å². The summed E-state index contributed by atoms with van der Waals surface area (Å²) in [7, 11) is 2.05. The highest BCUT2D eigenvalue weighted by Crippen LogP contribution is 2.25. The molecule has 3 amide bonds. The quantitative estimate of drug-likeness (QED) is 0.454. The third kappa shape index (κ3) is 5.58. The molecule has 1 fully saturated rings. The molecule has 3 aromatic rings. The third-order valence-corrected chi connectivity index (χ3v) is 8.03. The van der Waals surface area contributed by atoms with Gasteiger partial charge in [0.05, 0.1) is 24.4 Å². The number of likely N-dealkylation sites (N-methyl/N-ethyl adjacent to an activating group) is 1. The normalized spacial score (nSPS) is 19.9. The maximum absolute atomic E-state index is 13.2. The van der Waals surface area contributed by atoms with Crippen LogP contribution in [0.15, 0.2) is 24.3 Å². The summed E-state index contributed by atoms with van der Waals surface area (Å²) in [5, 5.41) is 7.88. The van der Waals surface area contributed by atoms with Crippen LogP contribution in [0.1, 0.15) is 44.2 Å². The summed E-state index contributed by atoms with van der Waals surface area (Å²) >= 11 is 7.47. The number of thiazole rings is 1. The minimum Gasteiger partial charge on any atom is -0.450 e. The standard InChI is InChI=1S/C25H29ClN6O4S/c1-3-36-25(35)32-9-7-17(28-22(33)19-11-14-10-15(26)4-5-16(14)27-19)20(12-32)29-23(34)24-30-18-6-8-31(2)13-21(18)37-24/h4-5,10-11,17,20,27H,3,6-9,12-13H2,1-2H3,(H,28,33)(H,29,34)/t17-,20?/m0/s1. The molecule has 0 bridgehead atoms. The second-order valence-corrected chi connectivity index (χ2v) is 10.9. The second kappa shape index (κ2) is 10.7. The van der Waals surface area contributed by atoms with E-state index in [0.29, 0.717) is 28.7 Å². The number of aromatic nitrogens is 2. The van der Waals surface area contributed by atoms with Crippen LogP contribution in [0.3, 0.4) is 0 Å². The molecular formula is C25H29ClN6O4S. The highest BCUT2D eigenvalue weighted by atomic mass is 35.5. The Kier molecular flexibility index (Phi) is 7.36. The number of likely N-dealkylation sites (tertiary alicyclic amines) is 1. The fraction of sp³-hybridized carbons (Fsp3) is 0.440. The van der Waals surface area contributed by atoms with Gasteiger partial charge in [0.2, 0.25) is 0 Å². The van der Waals surface area contributed by atoms with E-state index in [2.05, 4.69) is 25.5 Å². The smallest absolute Gasteiger partial charge is 0.409 e. The van der Waals surface area contributed by atoms with Crippen molar-refractivity contribution in [2.75, 3.05) is 33.3 Å². The van der Waals surface area contributed by atoms with Crippen molar-refractivity contribution in [3.8, 4) is 0 Å². The van der Waals surface area contributed by atoms with E-state index >= 15 is 0 Å². The lowest BCUT2D eigenvalue weighted by Gasteiger charge is -2.38.